The van der Waals surface area contributed by atoms with Crippen LogP contribution in [0.1, 0.15) is 23.5 Å². The first-order chi connectivity index (χ1) is 28.7. The van der Waals surface area contributed by atoms with Crippen molar-refractivity contribution in [3.63, 3.8) is 0 Å². The Balaban J connectivity index is 0.913. The van der Waals surface area contributed by atoms with Gasteiger partial charge in [-0.25, -0.2) is 0 Å². The van der Waals surface area contributed by atoms with E-state index in [1.165, 1.54) is 76.8 Å². The molecule has 0 saturated carbocycles. The molecule has 1 unspecified atom stereocenters. The van der Waals surface area contributed by atoms with Gasteiger partial charge < -0.3 is 9.13 Å². The molecule has 1 atom stereocenters. The molecule has 3 nitrogen and oxygen atoms in total. The normalized spacial score (nSPS) is 13.5. The molecule has 0 N–H and O–H groups in total. The van der Waals surface area contributed by atoms with Crippen LogP contribution >= 0.6 is 0 Å². The lowest BCUT2D eigenvalue weighted by atomic mass is 9.90. The maximum absolute atomic E-state index is 9.40. The maximum atomic E-state index is 9.40. The van der Waals surface area contributed by atoms with E-state index in [1.54, 1.807) is 0 Å². The SMILES string of the molecule is N#Cc1cccc(-c2ccc(-n3c4ccccc4c4cc(-c5ccc(C6C=c7c(n(-c8ccc(-c9ccccc9)cc8)c8ccccc78)=CC6)cc5)ccc43)cc2)c1. The molecule has 2 heterocycles. The molecular formula is C55H37N3. The van der Waals surface area contributed by atoms with Crippen LogP contribution in [0.15, 0.2) is 194 Å². The van der Waals surface area contributed by atoms with Crippen molar-refractivity contribution < 1.29 is 0 Å². The average Bonchev–Trinajstić information content (AvgIpc) is 3.82. The van der Waals surface area contributed by atoms with Crippen LogP contribution in [0.3, 0.4) is 0 Å². The van der Waals surface area contributed by atoms with Gasteiger partial charge >= 0.3 is 0 Å². The van der Waals surface area contributed by atoms with Crippen molar-refractivity contribution in [3.8, 4) is 50.8 Å². The summed E-state index contributed by atoms with van der Waals surface area (Å²) in [5.41, 5.74) is 14.9. The third-order valence-electron chi connectivity index (χ3n) is 11.9. The van der Waals surface area contributed by atoms with Gasteiger partial charge in [-0.05, 0) is 106 Å². The summed E-state index contributed by atoms with van der Waals surface area (Å²) in [7, 11) is 0. The highest BCUT2D eigenvalue weighted by molar-refractivity contribution is 6.10. The first-order valence-electron chi connectivity index (χ1n) is 19.9. The molecule has 0 amide bonds. The van der Waals surface area contributed by atoms with Crippen LogP contribution in [0, 0.1) is 11.3 Å². The average molecular weight is 740 g/mol. The van der Waals surface area contributed by atoms with Gasteiger partial charge in [0.05, 0.1) is 28.2 Å². The van der Waals surface area contributed by atoms with Crippen LogP contribution < -0.4 is 10.6 Å². The number of para-hydroxylation sites is 2. The summed E-state index contributed by atoms with van der Waals surface area (Å²) >= 11 is 0. The van der Waals surface area contributed by atoms with Gasteiger partial charge in [-0.1, -0.05) is 146 Å². The standard InChI is InChI=1S/C55H37N3/c56-36-37-9-8-12-43(33-37)42-23-29-47(30-24-42)58-53-16-7-5-14-49(53)51-35-45(26-32-55(51)58)41-19-17-40(18-20-41)44-25-31-54-50(34-44)48-13-4-6-15-52(48)57(54)46-27-21-39(22-28-46)38-10-2-1-3-11-38/h1-24,26-35,44H,25H2. The van der Waals surface area contributed by atoms with E-state index in [9.17, 15) is 5.26 Å². The number of hydrogen-bond acceptors (Lipinski definition) is 1. The largest absolute Gasteiger partial charge is 0.310 e. The van der Waals surface area contributed by atoms with Crippen molar-refractivity contribution in [3.05, 3.63) is 216 Å². The Hall–Kier alpha value is -7.67. The third-order valence-corrected chi connectivity index (χ3v) is 11.9. The van der Waals surface area contributed by atoms with Crippen LogP contribution in [-0.2, 0) is 0 Å². The summed E-state index contributed by atoms with van der Waals surface area (Å²) in [5, 5.41) is 15.7. The minimum absolute atomic E-state index is 0.295. The number of nitrogens with zero attached hydrogens (tertiary/aromatic N) is 3. The second-order valence-corrected chi connectivity index (χ2v) is 15.2. The molecule has 8 aromatic carbocycles. The zero-order chi connectivity index (χ0) is 38.6. The fourth-order valence-electron chi connectivity index (χ4n) is 9.04. The number of benzene rings is 8. The molecule has 58 heavy (non-hydrogen) atoms. The molecule has 0 saturated heterocycles. The molecule has 11 rings (SSSR count). The van der Waals surface area contributed by atoms with Gasteiger partial charge in [0.2, 0.25) is 0 Å². The van der Waals surface area contributed by atoms with Crippen molar-refractivity contribution in [2.45, 2.75) is 12.3 Å². The Kier molecular flexibility index (Phi) is 8.01. The van der Waals surface area contributed by atoms with Gasteiger partial charge in [-0.2, -0.15) is 5.26 Å². The predicted octanol–water partition coefficient (Wildman–Crippen LogP) is 12.3. The van der Waals surface area contributed by atoms with Crippen LogP contribution in [0.5, 0.6) is 0 Å². The third kappa shape index (κ3) is 5.66. The van der Waals surface area contributed by atoms with Crippen molar-refractivity contribution in [1.29, 1.82) is 5.26 Å². The van der Waals surface area contributed by atoms with E-state index in [1.807, 2.05) is 18.2 Å². The smallest absolute Gasteiger partial charge is 0.0991 e. The Morgan fingerprint density at radius 1 is 0.431 bits per heavy atom. The van der Waals surface area contributed by atoms with Gasteiger partial charge in [-0.3, -0.25) is 0 Å². The number of fused-ring (bicyclic) bond motifs is 6. The Labute approximate surface area is 336 Å². The van der Waals surface area contributed by atoms with E-state index in [2.05, 4.69) is 203 Å². The van der Waals surface area contributed by atoms with Crippen molar-refractivity contribution in [2.75, 3.05) is 0 Å². The van der Waals surface area contributed by atoms with Crippen molar-refractivity contribution >= 4 is 44.9 Å². The summed E-state index contributed by atoms with van der Waals surface area (Å²) in [4.78, 5) is 0. The quantitative estimate of drug-likeness (QED) is 0.167. The first-order valence-corrected chi connectivity index (χ1v) is 19.9. The van der Waals surface area contributed by atoms with Crippen LogP contribution in [0.25, 0.3) is 89.6 Å². The van der Waals surface area contributed by atoms with E-state index >= 15 is 0 Å². The van der Waals surface area contributed by atoms with Gasteiger partial charge in [0, 0.05) is 44.0 Å². The predicted molar refractivity (Wildman–Crippen MR) is 241 cm³/mol. The highest BCUT2D eigenvalue weighted by atomic mass is 15.0. The molecule has 0 spiro atoms. The molecule has 1 aliphatic rings. The fraction of sp³-hybridized carbons (Fsp3) is 0.0364. The first kappa shape index (κ1) is 33.6. The van der Waals surface area contributed by atoms with Crippen LogP contribution in [-0.4, -0.2) is 9.13 Å². The molecule has 1 aliphatic carbocycles. The lowest BCUT2D eigenvalue weighted by molar-refractivity contribution is 0.907. The lowest BCUT2D eigenvalue weighted by Gasteiger charge is -2.15. The molecule has 10 aromatic rings. The molecule has 0 aliphatic heterocycles. The molecule has 272 valence electrons. The number of aromatic nitrogens is 2. The Morgan fingerprint density at radius 2 is 0.966 bits per heavy atom. The molecule has 2 aromatic heterocycles. The molecule has 3 heteroatoms. The molecule has 0 radical (unpaired) electrons. The highest BCUT2D eigenvalue weighted by Crippen LogP contribution is 2.36. The topological polar surface area (TPSA) is 33.6 Å². The molecule has 0 bridgehead atoms. The lowest BCUT2D eigenvalue weighted by Crippen LogP contribution is -2.31. The van der Waals surface area contributed by atoms with Gasteiger partial charge in [-0.15, -0.1) is 0 Å². The van der Waals surface area contributed by atoms with Crippen LogP contribution in [0.2, 0.25) is 0 Å². The number of hydrogen-bond donors (Lipinski definition) is 0. The summed E-state index contributed by atoms with van der Waals surface area (Å²) in [6.45, 7) is 0. The van der Waals surface area contributed by atoms with E-state index < -0.39 is 0 Å². The van der Waals surface area contributed by atoms with Crippen LogP contribution in [0.4, 0.5) is 0 Å². The van der Waals surface area contributed by atoms with Crippen molar-refractivity contribution in [2.24, 2.45) is 0 Å². The van der Waals surface area contributed by atoms with E-state index in [4.69, 9.17) is 0 Å². The van der Waals surface area contributed by atoms with Crippen molar-refractivity contribution in [1.82, 2.24) is 9.13 Å². The summed E-state index contributed by atoms with van der Waals surface area (Å²) in [5.74, 6) is 0.295. The minimum atomic E-state index is 0.295. The summed E-state index contributed by atoms with van der Waals surface area (Å²) in [6, 6.07) is 71.8. The summed E-state index contributed by atoms with van der Waals surface area (Å²) in [6.07, 6.45) is 5.87. The van der Waals surface area contributed by atoms with E-state index in [0.717, 1.165) is 23.2 Å². The molecule has 0 fully saturated rings. The maximum Gasteiger partial charge on any atom is 0.0991 e. The zero-order valence-corrected chi connectivity index (χ0v) is 31.8. The van der Waals surface area contributed by atoms with E-state index in [0.29, 0.717) is 11.5 Å². The monoisotopic (exact) mass is 739 g/mol. The minimum Gasteiger partial charge on any atom is -0.310 e. The number of nitriles is 1. The van der Waals surface area contributed by atoms with Gasteiger partial charge in [0.15, 0.2) is 0 Å². The zero-order valence-electron chi connectivity index (χ0n) is 31.8. The number of rotatable bonds is 6. The van der Waals surface area contributed by atoms with E-state index in [-0.39, 0.29) is 0 Å². The highest BCUT2D eigenvalue weighted by Gasteiger charge is 2.18. The van der Waals surface area contributed by atoms with Gasteiger partial charge in [0.1, 0.15) is 0 Å². The second-order valence-electron chi connectivity index (χ2n) is 15.2. The molecular weight excluding hydrogens is 703 g/mol. The Morgan fingerprint density at radius 3 is 1.69 bits per heavy atom. The van der Waals surface area contributed by atoms with Gasteiger partial charge in [0.25, 0.3) is 0 Å². The second kappa shape index (κ2) is 13.8. The fourth-order valence-corrected chi connectivity index (χ4v) is 9.04. The summed E-state index contributed by atoms with van der Waals surface area (Å²) < 4.78 is 4.78. The Bertz CT molecular complexity index is 3340.